The SMILES string of the molecule is Cc1cc(N)c2cc[nH]c2c1. The Balaban J connectivity index is 2.91. The van der Waals surface area contributed by atoms with Crippen LogP contribution >= 0.6 is 0 Å². The van der Waals surface area contributed by atoms with Gasteiger partial charge in [0.15, 0.2) is 0 Å². The summed E-state index contributed by atoms with van der Waals surface area (Å²) < 4.78 is 0. The van der Waals surface area contributed by atoms with E-state index >= 15 is 0 Å². The topological polar surface area (TPSA) is 41.8 Å². The Labute approximate surface area is 65.0 Å². The van der Waals surface area contributed by atoms with Gasteiger partial charge in [0, 0.05) is 22.8 Å². The van der Waals surface area contributed by atoms with E-state index in [0.717, 1.165) is 16.6 Å². The molecular weight excluding hydrogens is 136 g/mol. The molecule has 0 radical (unpaired) electrons. The van der Waals surface area contributed by atoms with Gasteiger partial charge in [0.25, 0.3) is 0 Å². The maximum absolute atomic E-state index is 5.78. The molecular formula is C9H10N2. The maximum atomic E-state index is 5.78. The second-order valence-electron chi connectivity index (χ2n) is 2.79. The molecule has 0 atom stereocenters. The summed E-state index contributed by atoms with van der Waals surface area (Å²) in [6.45, 7) is 2.04. The molecule has 2 rings (SSSR count). The van der Waals surface area contributed by atoms with Crippen molar-refractivity contribution in [2.24, 2.45) is 0 Å². The number of anilines is 1. The van der Waals surface area contributed by atoms with Gasteiger partial charge in [-0.25, -0.2) is 0 Å². The van der Waals surface area contributed by atoms with Gasteiger partial charge in [0.2, 0.25) is 0 Å². The molecule has 3 N–H and O–H groups in total. The van der Waals surface area contributed by atoms with Crippen LogP contribution in [0.5, 0.6) is 0 Å². The van der Waals surface area contributed by atoms with Crippen LogP contribution < -0.4 is 5.73 Å². The Kier molecular flexibility index (Phi) is 1.15. The minimum Gasteiger partial charge on any atom is -0.398 e. The van der Waals surface area contributed by atoms with Crippen LogP contribution in [0.15, 0.2) is 24.4 Å². The number of aryl methyl sites for hydroxylation is 1. The first-order chi connectivity index (χ1) is 5.27. The van der Waals surface area contributed by atoms with Crippen LogP contribution in [0.3, 0.4) is 0 Å². The highest BCUT2D eigenvalue weighted by Crippen LogP contribution is 2.21. The van der Waals surface area contributed by atoms with Crippen molar-refractivity contribution in [3.8, 4) is 0 Å². The van der Waals surface area contributed by atoms with Gasteiger partial charge in [-0.3, -0.25) is 0 Å². The third kappa shape index (κ3) is 0.871. The predicted molar refractivity (Wildman–Crippen MR) is 47.4 cm³/mol. The van der Waals surface area contributed by atoms with E-state index in [2.05, 4.69) is 11.1 Å². The molecule has 11 heavy (non-hydrogen) atoms. The molecule has 0 aliphatic carbocycles. The second-order valence-corrected chi connectivity index (χ2v) is 2.79. The Morgan fingerprint density at radius 2 is 2.18 bits per heavy atom. The number of aromatic amines is 1. The lowest BCUT2D eigenvalue weighted by Crippen LogP contribution is -1.86. The summed E-state index contributed by atoms with van der Waals surface area (Å²) in [5.41, 5.74) is 8.94. The highest BCUT2D eigenvalue weighted by molar-refractivity contribution is 5.91. The highest BCUT2D eigenvalue weighted by atomic mass is 14.7. The molecule has 0 spiro atoms. The first-order valence-corrected chi connectivity index (χ1v) is 3.60. The van der Waals surface area contributed by atoms with Crippen molar-refractivity contribution in [2.45, 2.75) is 6.92 Å². The summed E-state index contributed by atoms with van der Waals surface area (Å²) in [6, 6.07) is 6.06. The van der Waals surface area contributed by atoms with Gasteiger partial charge in [0.1, 0.15) is 0 Å². The molecule has 2 aromatic rings. The quantitative estimate of drug-likeness (QED) is 0.549. The number of nitrogens with one attached hydrogen (secondary N) is 1. The van der Waals surface area contributed by atoms with Crippen molar-refractivity contribution < 1.29 is 0 Å². The molecule has 0 aliphatic heterocycles. The van der Waals surface area contributed by atoms with Gasteiger partial charge < -0.3 is 10.7 Å². The summed E-state index contributed by atoms with van der Waals surface area (Å²) in [6.07, 6.45) is 1.90. The van der Waals surface area contributed by atoms with E-state index in [4.69, 9.17) is 5.73 Å². The van der Waals surface area contributed by atoms with E-state index in [1.165, 1.54) is 5.56 Å². The zero-order chi connectivity index (χ0) is 7.84. The summed E-state index contributed by atoms with van der Waals surface area (Å²) in [5, 5.41) is 1.11. The fourth-order valence-corrected chi connectivity index (χ4v) is 1.35. The van der Waals surface area contributed by atoms with Crippen LogP contribution in [-0.2, 0) is 0 Å². The van der Waals surface area contributed by atoms with E-state index in [1.807, 2.05) is 25.3 Å². The average Bonchev–Trinajstić information content (AvgIpc) is 2.34. The summed E-state index contributed by atoms with van der Waals surface area (Å²) >= 11 is 0. The van der Waals surface area contributed by atoms with Crippen molar-refractivity contribution in [2.75, 3.05) is 5.73 Å². The predicted octanol–water partition coefficient (Wildman–Crippen LogP) is 2.06. The molecule has 0 amide bonds. The second kappa shape index (κ2) is 2.02. The van der Waals surface area contributed by atoms with Gasteiger partial charge in [-0.05, 0) is 30.7 Å². The van der Waals surface area contributed by atoms with Crippen molar-refractivity contribution in [3.63, 3.8) is 0 Å². The largest absolute Gasteiger partial charge is 0.398 e. The minimum atomic E-state index is 0.848. The van der Waals surface area contributed by atoms with Crippen molar-refractivity contribution in [1.82, 2.24) is 4.98 Å². The van der Waals surface area contributed by atoms with Crippen LogP contribution in [0, 0.1) is 6.92 Å². The van der Waals surface area contributed by atoms with Gasteiger partial charge in [-0.1, -0.05) is 0 Å². The lowest BCUT2D eigenvalue weighted by molar-refractivity contribution is 1.44. The molecule has 0 saturated heterocycles. The van der Waals surface area contributed by atoms with Crippen LogP contribution in [0.4, 0.5) is 5.69 Å². The van der Waals surface area contributed by atoms with E-state index in [9.17, 15) is 0 Å². The van der Waals surface area contributed by atoms with Gasteiger partial charge in [-0.2, -0.15) is 0 Å². The van der Waals surface area contributed by atoms with E-state index in [-0.39, 0.29) is 0 Å². The number of hydrogen-bond donors (Lipinski definition) is 2. The number of nitrogens with two attached hydrogens (primary N) is 1. The van der Waals surface area contributed by atoms with Gasteiger partial charge in [-0.15, -0.1) is 0 Å². The third-order valence-electron chi connectivity index (χ3n) is 1.85. The molecule has 0 fully saturated rings. The lowest BCUT2D eigenvalue weighted by Gasteiger charge is -1.97. The van der Waals surface area contributed by atoms with Crippen molar-refractivity contribution in [1.29, 1.82) is 0 Å². The zero-order valence-electron chi connectivity index (χ0n) is 6.39. The molecule has 2 heteroatoms. The van der Waals surface area contributed by atoms with Crippen LogP contribution in [0.1, 0.15) is 5.56 Å². The zero-order valence-corrected chi connectivity index (χ0v) is 6.39. The highest BCUT2D eigenvalue weighted by Gasteiger charge is 1.98. The van der Waals surface area contributed by atoms with E-state index < -0.39 is 0 Å². The average molecular weight is 146 g/mol. The Bertz CT molecular complexity index is 387. The molecule has 0 unspecified atom stereocenters. The van der Waals surface area contributed by atoms with Crippen LogP contribution in [0.2, 0.25) is 0 Å². The fraction of sp³-hybridized carbons (Fsp3) is 0.111. The normalized spacial score (nSPS) is 10.6. The van der Waals surface area contributed by atoms with E-state index in [0.29, 0.717) is 0 Å². The number of hydrogen-bond acceptors (Lipinski definition) is 1. The summed E-state index contributed by atoms with van der Waals surface area (Å²) in [7, 11) is 0. The Morgan fingerprint density at radius 1 is 1.36 bits per heavy atom. The van der Waals surface area contributed by atoms with Gasteiger partial charge >= 0.3 is 0 Å². The fourth-order valence-electron chi connectivity index (χ4n) is 1.35. The van der Waals surface area contributed by atoms with E-state index in [1.54, 1.807) is 0 Å². The maximum Gasteiger partial charge on any atom is 0.0477 e. The molecule has 2 nitrogen and oxygen atoms in total. The Hall–Kier alpha value is -1.44. The number of fused-ring (bicyclic) bond motifs is 1. The first-order valence-electron chi connectivity index (χ1n) is 3.60. The smallest absolute Gasteiger partial charge is 0.0477 e. The summed E-state index contributed by atoms with van der Waals surface area (Å²) in [4.78, 5) is 3.12. The molecule has 1 aromatic heterocycles. The number of aromatic nitrogens is 1. The van der Waals surface area contributed by atoms with Crippen molar-refractivity contribution in [3.05, 3.63) is 30.0 Å². The number of benzene rings is 1. The molecule has 56 valence electrons. The molecule has 0 saturated carbocycles. The Morgan fingerprint density at radius 3 is 3.00 bits per heavy atom. The number of rotatable bonds is 0. The standard InChI is InChI=1S/C9H10N2/c1-6-4-8(10)7-2-3-11-9(7)5-6/h2-5,11H,10H2,1H3. The lowest BCUT2D eigenvalue weighted by atomic mass is 10.1. The number of H-pyrrole nitrogens is 1. The van der Waals surface area contributed by atoms with Gasteiger partial charge in [0.05, 0.1) is 0 Å². The molecule has 1 aromatic carbocycles. The van der Waals surface area contributed by atoms with Crippen molar-refractivity contribution >= 4 is 16.6 Å². The molecule has 1 heterocycles. The van der Waals surface area contributed by atoms with Crippen LogP contribution in [-0.4, -0.2) is 4.98 Å². The summed E-state index contributed by atoms with van der Waals surface area (Å²) in [5.74, 6) is 0. The molecule has 0 aliphatic rings. The first kappa shape index (κ1) is 6.28. The molecule has 0 bridgehead atoms. The van der Waals surface area contributed by atoms with Crippen LogP contribution in [0.25, 0.3) is 10.9 Å². The number of nitrogen functional groups attached to an aromatic ring is 1. The monoisotopic (exact) mass is 146 g/mol. The third-order valence-corrected chi connectivity index (χ3v) is 1.85. The minimum absolute atomic E-state index is 0.848.